The molecule has 0 saturated carbocycles. The van der Waals surface area contributed by atoms with Crippen LogP contribution in [0.5, 0.6) is 5.75 Å². The molecule has 0 unspecified atom stereocenters. The Morgan fingerprint density at radius 1 is 1.30 bits per heavy atom. The van der Waals surface area contributed by atoms with Crippen LogP contribution in [0.4, 0.5) is 0 Å². The molecule has 3 rings (SSSR count). The summed E-state index contributed by atoms with van der Waals surface area (Å²) >= 11 is 7.27. The number of aromatic nitrogens is 2. The quantitative estimate of drug-likeness (QED) is 0.450. The number of ether oxygens (including phenoxy) is 1. The SMILES string of the molecule is Cc1cc(CSc2ncccc2C(=O)NCCOc2ccc(Cl)cc2)no1. The van der Waals surface area contributed by atoms with E-state index in [4.69, 9.17) is 20.9 Å². The highest BCUT2D eigenvalue weighted by Crippen LogP contribution is 2.24. The van der Waals surface area contributed by atoms with Gasteiger partial charge in [0, 0.05) is 23.0 Å². The minimum atomic E-state index is -0.193. The van der Waals surface area contributed by atoms with Crippen molar-refractivity contribution in [2.75, 3.05) is 13.2 Å². The van der Waals surface area contributed by atoms with E-state index in [0.717, 1.165) is 11.5 Å². The fraction of sp³-hybridized carbons (Fsp3) is 0.211. The minimum Gasteiger partial charge on any atom is -0.492 e. The van der Waals surface area contributed by atoms with Gasteiger partial charge in [0.25, 0.3) is 5.91 Å². The molecule has 0 aliphatic rings. The Morgan fingerprint density at radius 3 is 2.85 bits per heavy atom. The molecule has 8 heteroatoms. The Labute approximate surface area is 166 Å². The van der Waals surface area contributed by atoms with Gasteiger partial charge in [-0.2, -0.15) is 0 Å². The highest BCUT2D eigenvalue weighted by Gasteiger charge is 2.13. The maximum absolute atomic E-state index is 12.5. The van der Waals surface area contributed by atoms with Crippen molar-refractivity contribution in [3.05, 3.63) is 70.7 Å². The average Bonchev–Trinajstić information content (AvgIpc) is 3.10. The number of hydrogen-bond acceptors (Lipinski definition) is 6. The van der Waals surface area contributed by atoms with Gasteiger partial charge in [-0.3, -0.25) is 4.79 Å². The number of thioether (sulfide) groups is 1. The molecule has 0 radical (unpaired) electrons. The van der Waals surface area contributed by atoms with Gasteiger partial charge in [0.05, 0.1) is 17.8 Å². The Morgan fingerprint density at radius 2 is 2.11 bits per heavy atom. The number of aryl methyl sites for hydroxylation is 1. The van der Waals surface area contributed by atoms with Crippen molar-refractivity contribution in [3.8, 4) is 5.75 Å². The van der Waals surface area contributed by atoms with Crippen molar-refractivity contribution in [2.24, 2.45) is 0 Å². The summed E-state index contributed by atoms with van der Waals surface area (Å²) < 4.78 is 10.6. The van der Waals surface area contributed by atoms with Gasteiger partial charge in [0.1, 0.15) is 23.1 Å². The summed E-state index contributed by atoms with van der Waals surface area (Å²) in [5.74, 6) is 1.84. The van der Waals surface area contributed by atoms with Crippen LogP contribution in [0, 0.1) is 6.92 Å². The topological polar surface area (TPSA) is 77.2 Å². The van der Waals surface area contributed by atoms with Crippen molar-refractivity contribution < 1.29 is 14.1 Å². The van der Waals surface area contributed by atoms with Crippen molar-refractivity contribution in [3.63, 3.8) is 0 Å². The molecule has 0 bridgehead atoms. The number of rotatable bonds is 8. The Hall–Kier alpha value is -2.51. The van der Waals surface area contributed by atoms with Crippen LogP contribution < -0.4 is 10.1 Å². The first-order valence-electron chi connectivity index (χ1n) is 8.28. The second kappa shape index (κ2) is 9.43. The molecule has 0 aliphatic carbocycles. The molecule has 2 heterocycles. The second-order valence-corrected chi connectivity index (χ2v) is 7.03. The number of hydrogen-bond donors (Lipinski definition) is 1. The fourth-order valence-electron chi connectivity index (χ4n) is 2.27. The molecule has 0 aliphatic heterocycles. The standard InChI is InChI=1S/C19H18ClN3O3S/c1-13-11-15(23-26-13)12-27-19-17(3-2-8-22-19)18(24)21-9-10-25-16-6-4-14(20)5-7-16/h2-8,11H,9-10,12H2,1H3,(H,21,24). The minimum absolute atomic E-state index is 0.193. The van der Waals surface area contributed by atoms with E-state index in [-0.39, 0.29) is 5.91 Å². The van der Waals surface area contributed by atoms with Gasteiger partial charge in [-0.1, -0.05) is 28.5 Å². The zero-order valence-electron chi connectivity index (χ0n) is 14.6. The largest absolute Gasteiger partial charge is 0.492 e. The molecule has 6 nitrogen and oxygen atoms in total. The summed E-state index contributed by atoms with van der Waals surface area (Å²) in [7, 11) is 0. The fourth-order valence-corrected chi connectivity index (χ4v) is 3.26. The van der Waals surface area contributed by atoms with Gasteiger partial charge in [-0.15, -0.1) is 0 Å². The predicted octanol–water partition coefficient (Wildman–Crippen LogP) is 4.13. The first-order valence-corrected chi connectivity index (χ1v) is 9.65. The van der Waals surface area contributed by atoms with E-state index in [9.17, 15) is 4.79 Å². The lowest BCUT2D eigenvalue weighted by molar-refractivity contribution is 0.0943. The summed E-state index contributed by atoms with van der Waals surface area (Å²) in [4.78, 5) is 16.8. The maximum atomic E-state index is 12.5. The van der Waals surface area contributed by atoms with Gasteiger partial charge in [0.2, 0.25) is 0 Å². The molecule has 27 heavy (non-hydrogen) atoms. The highest BCUT2D eigenvalue weighted by atomic mass is 35.5. The molecule has 2 aromatic heterocycles. The van der Waals surface area contributed by atoms with Crippen molar-refractivity contribution in [2.45, 2.75) is 17.7 Å². The van der Waals surface area contributed by atoms with Gasteiger partial charge in [-0.25, -0.2) is 4.98 Å². The molecule has 0 spiro atoms. The number of nitrogens with one attached hydrogen (secondary N) is 1. The number of amides is 1. The summed E-state index contributed by atoms with van der Waals surface area (Å²) in [6, 6.07) is 12.4. The average molecular weight is 404 g/mol. The van der Waals surface area contributed by atoms with E-state index in [1.165, 1.54) is 11.8 Å². The number of halogens is 1. The Bertz CT molecular complexity index is 899. The maximum Gasteiger partial charge on any atom is 0.254 e. The first kappa shape index (κ1) is 19.3. The molecule has 1 aromatic carbocycles. The van der Waals surface area contributed by atoms with E-state index >= 15 is 0 Å². The lowest BCUT2D eigenvalue weighted by atomic mass is 10.2. The number of pyridine rings is 1. The van der Waals surface area contributed by atoms with Gasteiger partial charge >= 0.3 is 0 Å². The third kappa shape index (κ3) is 5.74. The van der Waals surface area contributed by atoms with Crippen LogP contribution in [0.15, 0.2) is 58.2 Å². The van der Waals surface area contributed by atoms with Crippen LogP contribution in [0.1, 0.15) is 21.8 Å². The third-order valence-corrected chi connectivity index (χ3v) is 4.81. The summed E-state index contributed by atoms with van der Waals surface area (Å²) in [5, 5.41) is 8.10. The van der Waals surface area contributed by atoms with E-state index < -0.39 is 0 Å². The first-order chi connectivity index (χ1) is 13.1. The lowest BCUT2D eigenvalue weighted by Gasteiger charge is -2.10. The lowest BCUT2D eigenvalue weighted by Crippen LogP contribution is -2.28. The Balaban J connectivity index is 1.51. The summed E-state index contributed by atoms with van der Waals surface area (Å²) in [5.41, 5.74) is 1.33. The number of nitrogens with zero attached hydrogens (tertiary/aromatic N) is 2. The van der Waals surface area contributed by atoms with Crippen molar-refractivity contribution in [1.29, 1.82) is 0 Å². The molecule has 1 N–H and O–H groups in total. The number of carbonyl (C=O) groups is 1. The molecule has 140 valence electrons. The van der Waals surface area contributed by atoms with Gasteiger partial charge in [-0.05, 0) is 43.3 Å². The van der Waals surface area contributed by atoms with Crippen LogP contribution in [0.3, 0.4) is 0 Å². The highest BCUT2D eigenvalue weighted by molar-refractivity contribution is 7.98. The Kier molecular flexibility index (Phi) is 6.73. The van der Waals surface area contributed by atoms with Crippen LogP contribution in [0.25, 0.3) is 0 Å². The molecular weight excluding hydrogens is 386 g/mol. The van der Waals surface area contributed by atoms with Crippen molar-refractivity contribution in [1.82, 2.24) is 15.5 Å². The summed E-state index contributed by atoms with van der Waals surface area (Å²) in [6.07, 6.45) is 1.66. The molecule has 0 atom stereocenters. The van der Waals surface area contributed by atoms with Crippen LogP contribution in [-0.2, 0) is 5.75 Å². The number of carbonyl (C=O) groups excluding carboxylic acids is 1. The van der Waals surface area contributed by atoms with Crippen LogP contribution in [0.2, 0.25) is 5.02 Å². The van der Waals surface area contributed by atoms with E-state index in [1.807, 2.05) is 13.0 Å². The third-order valence-electron chi connectivity index (χ3n) is 3.52. The van der Waals surface area contributed by atoms with E-state index in [2.05, 4.69) is 15.5 Å². The smallest absolute Gasteiger partial charge is 0.254 e. The number of benzene rings is 1. The zero-order chi connectivity index (χ0) is 19.1. The molecule has 3 aromatic rings. The monoisotopic (exact) mass is 403 g/mol. The van der Waals surface area contributed by atoms with Crippen LogP contribution in [-0.4, -0.2) is 29.2 Å². The van der Waals surface area contributed by atoms with E-state index in [1.54, 1.807) is 42.6 Å². The van der Waals surface area contributed by atoms with Crippen molar-refractivity contribution >= 4 is 29.3 Å². The van der Waals surface area contributed by atoms with Crippen LogP contribution >= 0.6 is 23.4 Å². The summed E-state index contributed by atoms with van der Waals surface area (Å²) in [6.45, 7) is 2.57. The van der Waals surface area contributed by atoms with Gasteiger partial charge in [0.15, 0.2) is 0 Å². The normalized spacial score (nSPS) is 10.6. The predicted molar refractivity (Wildman–Crippen MR) is 104 cm³/mol. The van der Waals surface area contributed by atoms with Gasteiger partial charge < -0.3 is 14.6 Å². The molecule has 0 fully saturated rings. The molecule has 1 amide bonds. The molecular formula is C19H18ClN3O3S. The zero-order valence-corrected chi connectivity index (χ0v) is 16.2. The molecule has 0 saturated heterocycles. The van der Waals surface area contributed by atoms with E-state index in [0.29, 0.717) is 40.3 Å². The second-order valence-electron chi connectivity index (χ2n) is 5.63.